The van der Waals surface area contributed by atoms with Gasteiger partial charge in [0.2, 0.25) is 5.91 Å². The second-order valence-corrected chi connectivity index (χ2v) is 9.69. The van der Waals surface area contributed by atoms with Gasteiger partial charge in [0.15, 0.2) is 0 Å². The highest BCUT2D eigenvalue weighted by Gasteiger charge is 2.33. The van der Waals surface area contributed by atoms with Gasteiger partial charge in [0.1, 0.15) is 6.54 Å². The molecule has 3 aromatic carbocycles. The minimum absolute atomic E-state index is 0.0579. The summed E-state index contributed by atoms with van der Waals surface area (Å²) in [6.07, 6.45) is -4.71. The number of aryl methyl sites for hydroxylation is 1. The minimum atomic E-state index is -4.71. The Morgan fingerprint density at radius 3 is 2.12 bits per heavy atom. The molecular weight excluding hydrogens is 500 g/mol. The molecule has 0 atom stereocenters. The van der Waals surface area contributed by atoms with E-state index in [1.165, 1.54) is 30.3 Å². The van der Waals surface area contributed by atoms with Crippen molar-refractivity contribution in [3.05, 3.63) is 87.9 Å². The van der Waals surface area contributed by atoms with Gasteiger partial charge < -0.3 is 5.32 Å². The number of hydrogen-bond donors (Lipinski definition) is 1. The first-order valence-corrected chi connectivity index (χ1v) is 11.6. The molecule has 11 heteroatoms. The zero-order valence-corrected chi connectivity index (χ0v) is 19.4. The number of anilines is 2. The molecule has 0 unspecified atom stereocenters. The van der Waals surface area contributed by atoms with Gasteiger partial charge in [0.05, 0.1) is 31.9 Å². The van der Waals surface area contributed by atoms with Crippen molar-refractivity contribution in [1.29, 1.82) is 0 Å². The predicted octanol–water partition coefficient (Wildman–Crippen LogP) is 6.15. The molecule has 0 aliphatic heterocycles. The quantitative estimate of drug-likeness (QED) is 0.426. The van der Waals surface area contributed by atoms with E-state index in [9.17, 15) is 26.4 Å². The molecule has 0 fully saturated rings. The summed E-state index contributed by atoms with van der Waals surface area (Å²) in [5.41, 5.74) is -0.544. The summed E-state index contributed by atoms with van der Waals surface area (Å²) in [6, 6.07) is 13.9. The summed E-state index contributed by atoms with van der Waals surface area (Å²) < 4.78 is 67.1. The van der Waals surface area contributed by atoms with Crippen LogP contribution in [0.1, 0.15) is 11.1 Å². The van der Waals surface area contributed by atoms with E-state index in [1.807, 2.05) is 0 Å². The number of benzene rings is 3. The van der Waals surface area contributed by atoms with Crippen LogP contribution in [-0.2, 0) is 21.0 Å². The summed E-state index contributed by atoms with van der Waals surface area (Å²) in [5, 5.41) is 2.65. The van der Waals surface area contributed by atoms with E-state index in [0.29, 0.717) is 10.4 Å². The van der Waals surface area contributed by atoms with Gasteiger partial charge >= 0.3 is 6.18 Å². The van der Waals surface area contributed by atoms with Gasteiger partial charge in [-0.1, -0.05) is 53.0 Å². The third kappa shape index (κ3) is 5.79. The van der Waals surface area contributed by atoms with Gasteiger partial charge in [0, 0.05) is 0 Å². The molecule has 3 rings (SSSR count). The van der Waals surface area contributed by atoms with Gasteiger partial charge in [-0.2, -0.15) is 13.2 Å². The molecule has 0 spiro atoms. The molecule has 174 valence electrons. The Balaban J connectivity index is 2.04. The standard InChI is InChI=1S/C22H17Cl2F3N2O3S/c1-14-8-10-17(11-9-14)33(31,32)29(16-5-2-4-15(12-16)22(25,26)27)13-20(30)28-21-18(23)6-3-7-19(21)24/h2-12H,13H2,1H3,(H,28,30). The van der Waals surface area contributed by atoms with E-state index < -0.39 is 34.2 Å². The summed E-state index contributed by atoms with van der Waals surface area (Å²) in [7, 11) is -4.40. The highest BCUT2D eigenvalue weighted by atomic mass is 35.5. The Bertz CT molecular complexity index is 1260. The molecule has 33 heavy (non-hydrogen) atoms. The molecule has 3 aromatic rings. The van der Waals surface area contributed by atoms with Crippen molar-refractivity contribution in [2.45, 2.75) is 18.0 Å². The number of amides is 1. The normalized spacial score (nSPS) is 11.8. The number of sulfonamides is 1. The van der Waals surface area contributed by atoms with Crippen molar-refractivity contribution in [1.82, 2.24) is 0 Å². The monoisotopic (exact) mass is 516 g/mol. The number of nitrogens with zero attached hydrogens (tertiary/aromatic N) is 1. The number of hydrogen-bond acceptors (Lipinski definition) is 3. The Morgan fingerprint density at radius 1 is 0.970 bits per heavy atom. The lowest BCUT2D eigenvalue weighted by Gasteiger charge is -2.25. The topological polar surface area (TPSA) is 66.5 Å². The van der Waals surface area contributed by atoms with Gasteiger partial charge in [-0.3, -0.25) is 9.10 Å². The number of nitrogens with one attached hydrogen (secondary N) is 1. The van der Waals surface area contributed by atoms with Crippen molar-refractivity contribution in [3.8, 4) is 0 Å². The maximum Gasteiger partial charge on any atom is 0.416 e. The van der Waals surface area contributed by atoms with E-state index in [-0.39, 0.29) is 26.3 Å². The lowest BCUT2D eigenvalue weighted by Crippen LogP contribution is -2.38. The van der Waals surface area contributed by atoms with Crippen LogP contribution in [0.15, 0.2) is 71.6 Å². The number of halogens is 5. The van der Waals surface area contributed by atoms with Gasteiger partial charge in [-0.15, -0.1) is 0 Å². The van der Waals surface area contributed by atoms with Crippen LogP contribution in [-0.4, -0.2) is 20.9 Å². The molecule has 0 bridgehead atoms. The molecule has 0 heterocycles. The average Bonchev–Trinajstić information content (AvgIpc) is 2.74. The molecular formula is C22H17Cl2F3N2O3S. The van der Waals surface area contributed by atoms with E-state index in [0.717, 1.165) is 17.7 Å². The molecule has 1 amide bonds. The van der Waals surface area contributed by atoms with E-state index in [2.05, 4.69) is 5.32 Å². The van der Waals surface area contributed by atoms with Gasteiger partial charge in [-0.25, -0.2) is 8.42 Å². The van der Waals surface area contributed by atoms with Crippen LogP contribution < -0.4 is 9.62 Å². The Hall–Kier alpha value is -2.75. The van der Waals surface area contributed by atoms with Crippen LogP contribution >= 0.6 is 23.2 Å². The average molecular weight is 517 g/mol. The van der Waals surface area contributed by atoms with Crippen molar-refractivity contribution in [2.24, 2.45) is 0 Å². The van der Waals surface area contributed by atoms with E-state index >= 15 is 0 Å². The van der Waals surface area contributed by atoms with Gasteiger partial charge in [-0.05, 0) is 49.4 Å². The van der Waals surface area contributed by atoms with Crippen molar-refractivity contribution in [2.75, 3.05) is 16.2 Å². The maximum atomic E-state index is 13.3. The molecule has 0 aliphatic carbocycles. The predicted molar refractivity (Wildman–Crippen MR) is 122 cm³/mol. The molecule has 0 radical (unpaired) electrons. The number of alkyl halides is 3. The maximum absolute atomic E-state index is 13.3. The molecule has 0 aromatic heterocycles. The smallest absolute Gasteiger partial charge is 0.322 e. The fourth-order valence-electron chi connectivity index (χ4n) is 2.92. The minimum Gasteiger partial charge on any atom is -0.322 e. The van der Waals surface area contributed by atoms with Crippen molar-refractivity contribution in [3.63, 3.8) is 0 Å². The third-order valence-electron chi connectivity index (χ3n) is 4.58. The van der Waals surface area contributed by atoms with Crippen LogP contribution in [0.25, 0.3) is 0 Å². The lowest BCUT2D eigenvalue weighted by molar-refractivity contribution is -0.137. The van der Waals surface area contributed by atoms with E-state index in [4.69, 9.17) is 23.2 Å². The number of carbonyl (C=O) groups is 1. The molecule has 0 saturated heterocycles. The molecule has 0 aliphatic rings. The summed E-state index contributed by atoms with van der Waals surface area (Å²) in [5.74, 6) is -0.849. The molecule has 5 nitrogen and oxygen atoms in total. The van der Waals surface area contributed by atoms with Crippen LogP contribution in [0.5, 0.6) is 0 Å². The first-order chi connectivity index (χ1) is 15.4. The Labute approximate surface area is 198 Å². The summed E-state index contributed by atoms with van der Waals surface area (Å²) in [4.78, 5) is 12.6. The number of para-hydroxylation sites is 1. The first-order valence-electron chi connectivity index (χ1n) is 9.40. The Kier molecular flexibility index (Phi) is 7.26. The van der Waals surface area contributed by atoms with Crippen molar-refractivity contribution < 1.29 is 26.4 Å². The number of carbonyl (C=O) groups excluding carboxylic acids is 1. The van der Waals surface area contributed by atoms with Gasteiger partial charge in [0.25, 0.3) is 10.0 Å². The van der Waals surface area contributed by atoms with Crippen LogP contribution in [0.4, 0.5) is 24.5 Å². The second-order valence-electron chi connectivity index (χ2n) is 7.02. The zero-order chi connectivity index (χ0) is 24.4. The summed E-state index contributed by atoms with van der Waals surface area (Å²) in [6.45, 7) is 0.931. The van der Waals surface area contributed by atoms with Crippen LogP contribution in [0.2, 0.25) is 10.0 Å². The first kappa shape index (κ1) is 24.9. The third-order valence-corrected chi connectivity index (χ3v) is 7.00. The number of rotatable bonds is 6. The molecule has 0 saturated carbocycles. The highest BCUT2D eigenvalue weighted by molar-refractivity contribution is 7.92. The SMILES string of the molecule is Cc1ccc(S(=O)(=O)N(CC(=O)Nc2c(Cl)cccc2Cl)c2cccc(C(F)(F)F)c2)cc1. The molecule has 1 N–H and O–H groups in total. The largest absolute Gasteiger partial charge is 0.416 e. The van der Waals surface area contributed by atoms with Crippen LogP contribution in [0, 0.1) is 6.92 Å². The Morgan fingerprint density at radius 2 is 1.55 bits per heavy atom. The zero-order valence-electron chi connectivity index (χ0n) is 17.0. The van der Waals surface area contributed by atoms with E-state index in [1.54, 1.807) is 25.1 Å². The fraction of sp³-hybridized carbons (Fsp3) is 0.136. The summed E-state index contributed by atoms with van der Waals surface area (Å²) >= 11 is 12.1. The fourth-order valence-corrected chi connectivity index (χ4v) is 4.82. The highest BCUT2D eigenvalue weighted by Crippen LogP contribution is 2.34. The second kappa shape index (κ2) is 9.62. The van der Waals surface area contributed by atoms with Crippen molar-refractivity contribution >= 4 is 50.5 Å². The lowest BCUT2D eigenvalue weighted by atomic mass is 10.2. The van der Waals surface area contributed by atoms with Crippen LogP contribution in [0.3, 0.4) is 0 Å².